The van der Waals surface area contributed by atoms with Crippen LogP contribution in [0.4, 0.5) is 5.69 Å². The van der Waals surface area contributed by atoms with Gasteiger partial charge in [0, 0.05) is 25.7 Å². The topological polar surface area (TPSA) is 93.9 Å². The standard InChI is InChI=1S/C13H18N2O4.C2H6O/c1-4-13(2,3)12(16)9-14-19-11-8-6-5-7-10(11)15(17)18;1-3-2/h4-8,12,14,16H,1,9H2,2-3H3;1-2H3. The Bertz CT molecular complexity index is 477. The molecule has 1 aromatic rings. The minimum Gasteiger partial charge on any atom is -0.401 e. The van der Waals surface area contributed by atoms with E-state index in [0.717, 1.165) is 0 Å². The maximum Gasteiger partial charge on any atom is 0.313 e. The van der Waals surface area contributed by atoms with Crippen molar-refractivity contribution in [1.82, 2.24) is 5.48 Å². The summed E-state index contributed by atoms with van der Waals surface area (Å²) < 4.78 is 4.25. The van der Waals surface area contributed by atoms with Crippen LogP contribution in [0.25, 0.3) is 0 Å². The Morgan fingerprint density at radius 2 is 2.00 bits per heavy atom. The van der Waals surface area contributed by atoms with Crippen molar-refractivity contribution < 1.29 is 19.6 Å². The molecule has 0 aliphatic heterocycles. The van der Waals surface area contributed by atoms with Gasteiger partial charge in [-0.3, -0.25) is 10.1 Å². The number of nitrogens with one attached hydrogen (secondary N) is 1. The number of nitro groups is 1. The van der Waals surface area contributed by atoms with Gasteiger partial charge in [-0.25, -0.2) is 0 Å². The van der Waals surface area contributed by atoms with Gasteiger partial charge < -0.3 is 14.7 Å². The Labute approximate surface area is 130 Å². The van der Waals surface area contributed by atoms with Crippen molar-refractivity contribution in [2.45, 2.75) is 20.0 Å². The van der Waals surface area contributed by atoms with Crippen molar-refractivity contribution in [2.75, 3.05) is 20.8 Å². The fourth-order valence-electron chi connectivity index (χ4n) is 1.29. The number of hydrogen-bond donors (Lipinski definition) is 2. The van der Waals surface area contributed by atoms with Crippen LogP contribution in [0.3, 0.4) is 0 Å². The van der Waals surface area contributed by atoms with Gasteiger partial charge in [0.05, 0.1) is 17.6 Å². The predicted molar refractivity (Wildman–Crippen MR) is 84.6 cm³/mol. The minimum absolute atomic E-state index is 0.108. The third-order valence-corrected chi connectivity index (χ3v) is 2.91. The zero-order valence-electron chi connectivity index (χ0n) is 13.4. The smallest absolute Gasteiger partial charge is 0.313 e. The first-order valence-electron chi connectivity index (χ1n) is 6.65. The fourth-order valence-corrected chi connectivity index (χ4v) is 1.29. The van der Waals surface area contributed by atoms with E-state index in [1.807, 2.05) is 13.8 Å². The van der Waals surface area contributed by atoms with Crippen molar-refractivity contribution in [1.29, 1.82) is 0 Å². The van der Waals surface area contributed by atoms with Crippen LogP contribution in [0.5, 0.6) is 5.75 Å². The van der Waals surface area contributed by atoms with E-state index in [2.05, 4.69) is 16.8 Å². The number of aliphatic hydroxyl groups excluding tert-OH is 1. The summed E-state index contributed by atoms with van der Waals surface area (Å²) in [6.07, 6.45) is 0.928. The molecule has 0 saturated carbocycles. The second kappa shape index (κ2) is 9.88. The third kappa shape index (κ3) is 6.66. The average molecular weight is 312 g/mol. The van der Waals surface area contributed by atoms with Crippen molar-refractivity contribution in [3.63, 3.8) is 0 Å². The highest BCUT2D eigenvalue weighted by Crippen LogP contribution is 2.25. The molecule has 0 aromatic heterocycles. The van der Waals surface area contributed by atoms with Gasteiger partial charge in [-0.2, -0.15) is 5.48 Å². The van der Waals surface area contributed by atoms with E-state index >= 15 is 0 Å². The van der Waals surface area contributed by atoms with Crippen LogP contribution in [0.15, 0.2) is 36.9 Å². The number of rotatable bonds is 7. The molecule has 0 aliphatic rings. The lowest BCUT2D eigenvalue weighted by Gasteiger charge is -2.26. The van der Waals surface area contributed by atoms with E-state index < -0.39 is 16.4 Å². The van der Waals surface area contributed by atoms with Crippen molar-refractivity contribution in [3.05, 3.63) is 47.0 Å². The Kier molecular flexibility index (Phi) is 9.00. The maximum absolute atomic E-state index is 10.8. The number of methoxy groups -OCH3 is 1. The van der Waals surface area contributed by atoms with Crippen LogP contribution in [0.2, 0.25) is 0 Å². The highest BCUT2D eigenvalue weighted by atomic mass is 16.7. The monoisotopic (exact) mass is 312 g/mol. The van der Waals surface area contributed by atoms with Crippen LogP contribution in [0.1, 0.15) is 13.8 Å². The van der Waals surface area contributed by atoms with E-state index in [-0.39, 0.29) is 18.0 Å². The molecular weight excluding hydrogens is 288 g/mol. The summed E-state index contributed by atoms with van der Waals surface area (Å²) in [7, 11) is 3.25. The molecule has 7 heteroatoms. The minimum atomic E-state index is -0.715. The van der Waals surface area contributed by atoms with Gasteiger partial charge in [-0.1, -0.05) is 32.1 Å². The van der Waals surface area contributed by atoms with E-state index in [1.165, 1.54) is 12.1 Å². The van der Waals surface area contributed by atoms with Crippen LogP contribution in [-0.2, 0) is 4.74 Å². The molecule has 124 valence electrons. The Balaban J connectivity index is 0.00000135. The average Bonchev–Trinajstić information content (AvgIpc) is 2.48. The number of nitrogens with zero attached hydrogens (tertiary/aromatic N) is 1. The number of benzene rings is 1. The molecule has 7 nitrogen and oxygen atoms in total. The lowest BCUT2D eigenvalue weighted by Crippen LogP contribution is -2.38. The fraction of sp³-hybridized carbons (Fsp3) is 0.467. The summed E-state index contributed by atoms with van der Waals surface area (Å²) in [5.74, 6) is 0.108. The molecule has 0 bridgehead atoms. The molecule has 0 spiro atoms. The van der Waals surface area contributed by atoms with E-state index in [9.17, 15) is 15.2 Å². The predicted octanol–water partition coefficient (Wildman–Crippen LogP) is 2.31. The normalized spacial score (nSPS) is 11.9. The first-order chi connectivity index (χ1) is 10.3. The van der Waals surface area contributed by atoms with Crippen LogP contribution >= 0.6 is 0 Å². The molecule has 1 rings (SSSR count). The van der Waals surface area contributed by atoms with Gasteiger partial charge in [0.15, 0.2) is 0 Å². The molecule has 22 heavy (non-hydrogen) atoms. The van der Waals surface area contributed by atoms with E-state index in [1.54, 1.807) is 32.4 Å². The summed E-state index contributed by atoms with van der Waals surface area (Å²) in [6.45, 7) is 7.43. The molecule has 0 radical (unpaired) electrons. The van der Waals surface area contributed by atoms with Crippen molar-refractivity contribution in [2.24, 2.45) is 5.41 Å². The van der Waals surface area contributed by atoms with E-state index in [0.29, 0.717) is 0 Å². The van der Waals surface area contributed by atoms with Gasteiger partial charge in [0.1, 0.15) is 0 Å². The molecule has 0 amide bonds. The number of para-hydroxylation sites is 2. The quantitative estimate of drug-likeness (QED) is 0.456. The number of aliphatic hydroxyl groups is 1. The lowest BCUT2D eigenvalue weighted by atomic mass is 9.87. The molecule has 1 unspecified atom stereocenters. The highest BCUT2D eigenvalue weighted by Gasteiger charge is 2.24. The van der Waals surface area contributed by atoms with Crippen molar-refractivity contribution >= 4 is 5.69 Å². The first-order valence-corrected chi connectivity index (χ1v) is 6.65. The molecule has 0 saturated heterocycles. The zero-order valence-corrected chi connectivity index (χ0v) is 13.4. The van der Waals surface area contributed by atoms with Gasteiger partial charge in [-0.05, 0) is 6.07 Å². The lowest BCUT2D eigenvalue weighted by molar-refractivity contribution is -0.386. The first kappa shape index (κ1) is 20.0. The van der Waals surface area contributed by atoms with Gasteiger partial charge >= 0.3 is 5.69 Å². The summed E-state index contributed by atoms with van der Waals surface area (Å²) in [4.78, 5) is 15.4. The van der Waals surface area contributed by atoms with Crippen LogP contribution in [-0.4, -0.2) is 36.9 Å². The Hall–Kier alpha value is -1.96. The van der Waals surface area contributed by atoms with Crippen LogP contribution < -0.4 is 10.3 Å². The van der Waals surface area contributed by atoms with Gasteiger partial charge in [0.25, 0.3) is 0 Å². The van der Waals surface area contributed by atoms with Crippen molar-refractivity contribution in [3.8, 4) is 5.75 Å². The molecule has 0 aliphatic carbocycles. The summed E-state index contributed by atoms with van der Waals surface area (Å²) in [5.41, 5.74) is 1.93. The maximum atomic E-state index is 10.8. The summed E-state index contributed by atoms with van der Waals surface area (Å²) >= 11 is 0. The number of nitro benzene ring substituents is 1. The SMILES string of the molecule is C=CC(C)(C)C(O)CNOc1ccccc1[N+](=O)[O-].COC. The van der Waals surface area contributed by atoms with Crippen LogP contribution in [0, 0.1) is 15.5 Å². The molecule has 1 aromatic carbocycles. The molecular formula is C15H24N2O5. The molecule has 2 N–H and O–H groups in total. The van der Waals surface area contributed by atoms with E-state index in [4.69, 9.17) is 4.84 Å². The van der Waals surface area contributed by atoms with Gasteiger partial charge in [0.2, 0.25) is 5.75 Å². The number of hydrogen-bond acceptors (Lipinski definition) is 6. The van der Waals surface area contributed by atoms with Gasteiger partial charge in [-0.15, -0.1) is 6.58 Å². The Morgan fingerprint density at radius 3 is 2.50 bits per heavy atom. The summed E-state index contributed by atoms with van der Waals surface area (Å²) in [5, 5.41) is 20.6. The second-order valence-corrected chi connectivity index (χ2v) is 5.12. The molecule has 0 fully saturated rings. The second-order valence-electron chi connectivity index (χ2n) is 5.12. The Morgan fingerprint density at radius 1 is 1.45 bits per heavy atom. The number of ether oxygens (including phenoxy) is 1. The zero-order chi connectivity index (χ0) is 17.2. The highest BCUT2D eigenvalue weighted by molar-refractivity contribution is 5.45. The molecule has 0 heterocycles. The number of hydroxylamine groups is 1. The summed E-state index contributed by atoms with van der Waals surface area (Å²) in [6, 6.07) is 6.02. The molecule has 1 atom stereocenters. The third-order valence-electron chi connectivity index (χ3n) is 2.91. The largest absolute Gasteiger partial charge is 0.401 e.